The lowest BCUT2D eigenvalue weighted by Gasteiger charge is -2.14. The largest absolute Gasteiger partial charge is 0.497 e. The summed E-state index contributed by atoms with van der Waals surface area (Å²) < 4.78 is 12.2. The molecule has 2 aromatic rings. The van der Waals surface area contributed by atoms with E-state index in [0.29, 0.717) is 18.7 Å². The number of ketones is 1. The number of fused-ring (bicyclic) bond motifs is 1. The average molecular weight is 258 g/mol. The van der Waals surface area contributed by atoms with Crippen LogP contribution in [0.15, 0.2) is 30.5 Å². The number of ether oxygens (including phenoxy) is 2. The Bertz CT molecular complexity index is 602. The molecule has 0 aliphatic carbocycles. The summed E-state index contributed by atoms with van der Waals surface area (Å²) in [4.78, 5) is 11.6. The highest BCUT2D eigenvalue weighted by Gasteiger charge is 2.22. The molecule has 2 heterocycles. The summed E-state index contributed by atoms with van der Waals surface area (Å²) in [7, 11) is 1.64. The Labute approximate surface area is 110 Å². The van der Waals surface area contributed by atoms with Gasteiger partial charge in [0.1, 0.15) is 12.4 Å². The summed E-state index contributed by atoms with van der Waals surface area (Å²) in [6.45, 7) is 1.22. The Kier molecular flexibility index (Phi) is 3.05. The summed E-state index contributed by atoms with van der Waals surface area (Å²) in [5, 5.41) is 4.27. The van der Waals surface area contributed by atoms with Crippen LogP contribution in [0.5, 0.6) is 5.75 Å². The number of carbonyl (C=O) groups excluding carboxylic acids is 1. The van der Waals surface area contributed by atoms with Gasteiger partial charge in [-0.15, -0.1) is 0 Å². The number of methoxy groups -OCH3 is 1. The van der Waals surface area contributed by atoms with Crippen molar-refractivity contribution in [2.45, 2.75) is 13.2 Å². The van der Waals surface area contributed by atoms with Crippen LogP contribution in [0.3, 0.4) is 0 Å². The molecule has 98 valence electrons. The van der Waals surface area contributed by atoms with Crippen LogP contribution in [0, 0.1) is 0 Å². The van der Waals surface area contributed by atoms with Gasteiger partial charge in [0.05, 0.1) is 37.7 Å². The summed E-state index contributed by atoms with van der Waals surface area (Å²) in [6, 6.07) is 7.79. The summed E-state index contributed by atoms with van der Waals surface area (Å²) in [5.74, 6) is 0.826. The van der Waals surface area contributed by atoms with Crippen molar-refractivity contribution in [2.75, 3.05) is 13.7 Å². The third-order valence-corrected chi connectivity index (χ3v) is 3.21. The lowest BCUT2D eigenvalue weighted by molar-refractivity contribution is 0.0648. The number of rotatable bonds is 3. The van der Waals surface area contributed by atoms with Crippen molar-refractivity contribution in [2.24, 2.45) is 0 Å². The molecule has 1 aliphatic heterocycles. The first-order valence-corrected chi connectivity index (χ1v) is 6.06. The van der Waals surface area contributed by atoms with Crippen LogP contribution < -0.4 is 4.74 Å². The first-order chi connectivity index (χ1) is 9.28. The molecule has 1 aromatic heterocycles. The van der Waals surface area contributed by atoms with E-state index in [0.717, 1.165) is 17.0 Å². The Hall–Kier alpha value is -2.14. The van der Waals surface area contributed by atoms with E-state index in [1.165, 1.54) is 0 Å². The second-order valence-corrected chi connectivity index (χ2v) is 4.43. The second kappa shape index (κ2) is 4.85. The number of aromatic nitrogens is 2. The zero-order valence-corrected chi connectivity index (χ0v) is 10.6. The topological polar surface area (TPSA) is 53.4 Å². The number of nitrogens with zero attached hydrogens (tertiary/aromatic N) is 2. The van der Waals surface area contributed by atoms with Crippen LogP contribution in [0.4, 0.5) is 0 Å². The zero-order chi connectivity index (χ0) is 13.2. The number of Topliss-reactive ketones (excluding diaryl/α,β-unsaturated/α-hetero) is 1. The molecule has 0 saturated heterocycles. The molecule has 3 rings (SSSR count). The predicted molar refractivity (Wildman–Crippen MR) is 68.3 cm³/mol. The molecule has 0 saturated carbocycles. The molecule has 19 heavy (non-hydrogen) atoms. The fourth-order valence-corrected chi connectivity index (χ4v) is 2.15. The van der Waals surface area contributed by atoms with Crippen LogP contribution in [-0.4, -0.2) is 29.3 Å². The van der Waals surface area contributed by atoms with Crippen LogP contribution in [0.2, 0.25) is 0 Å². The molecule has 0 radical (unpaired) electrons. The van der Waals surface area contributed by atoms with Gasteiger partial charge in [0.25, 0.3) is 0 Å². The van der Waals surface area contributed by atoms with E-state index in [1.54, 1.807) is 13.3 Å². The van der Waals surface area contributed by atoms with Crippen molar-refractivity contribution in [1.82, 2.24) is 9.78 Å². The lowest BCUT2D eigenvalue weighted by atomic mass is 10.1. The number of hydrogen-bond acceptors (Lipinski definition) is 4. The minimum atomic E-state index is 0.00207. The minimum absolute atomic E-state index is 0.00207. The van der Waals surface area contributed by atoms with E-state index < -0.39 is 0 Å². The van der Waals surface area contributed by atoms with Gasteiger partial charge in [-0.05, 0) is 17.7 Å². The van der Waals surface area contributed by atoms with Gasteiger partial charge in [-0.1, -0.05) is 12.1 Å². The van der Waals surface area contributed by atoms with Crippen LogP contribution in [-0.2, 0) is 17.9 Å². The van der Waals surface area contributed by atoms with E-state index >= 15 is 0 Å². The predicted octanol–water partition coefficient (Wildman–Crippen LogP) is 1.65. The van der Waals surface area contributed by atoms with E-state index in [1.807, 2.05) is 28.9 Å². The van der Waals surface area contributed by atoms with Gasteiger partial charge in [-0.2, -0.15) is 5.10 Å². The minimum Gasteiger partial charge on any atom is -0.497 e. The second-order valence-electron chi connectivity index (χ2n) is 4.43. The van der Waals surface area contributed by atoms with Gasteiger partial charge in [-0.25, -0.2) is 0 Å². The third kappa shape index (κ3) is 2.24. The first kappa shape index (κ1) is 11.9. The maximum Gasteiger partial charge on any atom is 0.192 e. The van der Waals surface area contributed by atoms with Gasteiger partial charge in [0.15, 0.2) is 5.78 Å². The summed E-state index contributed by atoms with van der Waals surface area (Å²) in [5.41, 5.74) is 2.64. The molecule has 0 atom stereocenters. The smallest absolute Gasteiger partial charge is 0.192 e. The molecule has 0 bridgehead atoms. The number of hydrogen-bond donors (Lipinski definition) is 0. The van der Waals surface area contributed by atoms with Crippen molar-refractivity contribution in [3.8, 4) is 5.75 Å². The molecule has 1 aromatic carbocycles. The van der Waals surface area contributed by atoms with Gasteiger partial charge < -0.3 is 9.47 Å². The van der Waals surface area contributed by atoms with Crippen molar-refractivity contribution in [1.29, 1.82) is 0 Å². The molecule has 0 amide bonds. The summed E-state index contributed by atoms with van der Waals surface area (Å²) in [6.07, 6.45) is 1.63. The zero-order valence-electron chi connectivity index (χ0n) is 10.6. The number of carbonyl (C=O) groups is 1. The molecule has 0 N–H and O–H groups in total. The van der Waals surface area contributed by atoms with E-state index in [-0.39, 0.29) is 12.4 Å². The molecule has 0 spiro atoms. The third-order valence-electron chi connectivity index (χ3n) is 3.21. The lowest BCUT2D eigenvalue weighted by Crippen LogP contribution is -2.19. The van der Waals surface area contributed by atoms with Gasteiger partial charge in [-0.3, -0.25) is 9.48 Å². The summed E-state index contributed by atoms with van der Waals surface area (Å²) >= 11 is 0. The Balaban J connectivity index is 1.85. The molecule has 0 unspecified atom stereocenters. The number of benzene rings is 1. The van der Waals surface area contributed by atoms with Crippen molar-refractivity contribution in [3.05, 3.63) is 47.3 Å². The highest BCUT2D eigenvalue weighted by Crippen LogP contribution is 2.18. The molecular formula is C14H14N2O3. The first-order valence-electron chi connectivity index (χ1n) is 6.06. The molecule has 5 nitrogen and oxygen atoms in total. The monoisotopic (exact) mass is 258 g/mol. The van der Waals surface area contributed by atoms with Gasteiger partial charge in [0.2, 0.25) is 0 Å². The van der Waals surface area contributed by atoms with Crippen molar-refractivity contribution < 1.29 is 14.3 Å². The van der Waals surface area contributed by atoms with Gasteiger partial charge >= 0.3 is 0 Å². The molecular weight excluding hydrogens is 244 g/mol. The van der Waals surface area contributed by atoms with Crippen LogP contribution in [0.1, 0.15) is 21.6 Å². The van der Waals surface area contributed by atoms with E-state index in [2.05, 4.69) is 5.10 Å². The quantitative estimate of drug-likeness (QED) is 0.840. The maximum atomic E-state index is 11.6. The average Bonchev–Trinajstić information content (AvgIpc) is 2.84. The fraction of sp³-hybridized carbons (Fsp3) is 0.286. The highest BCUT2D eigenvalue weighted by molar-refractivity contribution is 5.98. The maximum absolute atomic E-state index is 11.6. The standard InChI is InChI=1S/C14H14N2O3/c1-18-11-4-2-10(3-5-11)7-16-13-8-19-9-14(17)12(13)6-15-16/h2-6H,7-9H2,1H3. The fourth-order valence-electron chi connectivity index (χ4n) is 2.15. The molecule has 1 aliphatic rings. The van der Waals surface area contributed by atoms with Crippen LogP contribution >= 0.6 is 0 Å². The highest BCUT2D eigenvalue weighted by atomic mass is 16.5. The van der Waals surface area contributed by atoms with Crippen molar-refractivity contribution in [3.63, 3.8) is 0 Å². The van der Waals surface area contributed by atoms with E-state index in [9.17, 15) is 4.79 Å². The Morgan fingerprint density at radius 1 is 1.32 bits per heavy atom. The van der Waals surface area contributed by atoms with Crippen LogP contribution in [0.25, 0.3) is 0 Å². The van der Waals surface area contributed by atoms with Crippen molar-refractivity contribution >= 4 is 5.78 Å². The Morgan fingerprint density at radius 2 is 2.11 bits per heavy atom. The van der Waals surface area contributed by atoms with Gasteiger partial charge in [0, 0.05) is 0 Å². The van der Waals surface area contributed by atoms with E-state index in [4.69, 9.17) is 9.47 Å². The molecule has 0 fully saturated rings. The SMILES string of the molecule is COc1ccc(Cn2ncc3c2COCC3=O)cc1. The Morgan fingerprint density at radius 3 is 2.84 bits per heavy atom. The normalized spacial score (nSPS) is 14.3. The molecule has 5 heteroatoms.